The van der Waals surface area contributed by atoms with Gasteiger partial charge in [-0.1, -0.05) is 11.8 Å². The van der Waals surface area contributed by atoms with Gasteiger partial charge in [-0.05, 0) is 30.7 Å². The smallest absolute Gasteiger partial charge is 0.232 e. The zero-order valence-corrected chi connectivity index (χ0v) is 12.2. The standard InChI is InChI=1S/C14H19NO4S/c1-19-11-4-12-20(17,18)15-14-8-6-13(7-9-14)5-2-3-10-16/h6-9,15-16H,3-4,10-12H2,1H3. The first-order chi connectivity index (χ1) is 9.57. The largest absolute Gasteiger partial charge is 0.395 e. The van der Waals surface area contributed by atoms with Gasteiger partial charge in [-0.25, -0.2) is 8.42 Å². The molecular formula is C14H19NO4S. The lowest BCUT2D eigenvalue weighted by Crippen LogP contribution is -2.17. The van der Waals surface area contributed by atoms with Crippen molar-refractivity contribution in [2.45, 2.75) is 12.8 Å². The fourth-order valence-electron chi connectivity index (χ4n) is 1.47. The molecule has 5 nitrogen and oxygen atoms in total. The predicted molar refractivity (Wildman–Crippen MR) is 78.9 cm³/mol. The van der Waals surface area contributed by atoms with Gasteiger partial charge in [0, 0.05) is 31.4 Å². The third kappa shape index (κ3) is 6.57. The van der Waals surface area contributed by atoms with Crippen LogP contribution in [0.5, 0.6) is 0 Å². The van der Waals surface area contributed by atoms with Gasteiger partial charge in [0.05, 0.1) is 12.4 Å². The lowest BCUT2D eigenvalue weighted by Gasteiger charge is -2.07. The van der Waals surface area contributed by atoms with Gasteiger partial charge < -0.3 is 9.84 Å². The van der Waals surface area contributed by atoms with Crippen molar-refractivity contribution in [1.29, 1.82) is 0 Å². The van der Waals surface area contributed by atoms with E-state index in [2.05, 4.69) is 16.6 Å². The molecule has 0 aliphatic heterocycles. The molecule has 0 radical (unpaired) electrons. The molecule has 0 bridgehead atoms. The minimum absolute atomic E-state index is 0.0267. The number of benzene rings is 1. The summed E-state index contributed by atoms with van der Waals surface area (Å²) in [5.74, 6) is 5.70. The third-order valence-electron chi connectivity index (χ3n) is 2.39. The Morgan fingerprint density at radius 1 is 1.30 bits per heavy atom. The van der Waals surface area contributed by atoms with Gasteiger partial charge in [0.15, 0.2) is 0 Å². The Hall–Kier alpha value is -1.55. The molecule has 0 unspecified atom stereocenters. The molecule has 0 aromatic heterocycles. The minimum Gasteiger partial charge on any atom is -0.395 e. The second-order valence-electron chi connectivity index (χ2n) is 4.12. The van der Waals surface area contributed by atoms with Crippen molar-refractivity contribution in [3.8, 4) is 11.8 Å². The van der Waals surface area contributed by atoms with Crippen LogP contribution in [0.2, 0.25) is 0 Å². The number of nitrogens with one attached hydrogen (secondary N) is 1. The predicted octanol–water partition coefficient (Wildman–Crippen LogP) is 1.20. The molecule has 0 aliphatic carbocycles. The Morgan fingerprint density at radius 2 is 2.00 bits per heavy atom. The zero-order chi connectivity index (χ0) is 14.8. The Kier molecular flexibility index (Phi) is 7.09. The highest BCUT2D eigenvalue weighted by Crippen LogP contribution is 2.11. The van der Waals surface area contributed by atoms with Crippen molar-refractivity contribution < 1.29 is 18.3 Å². The quantitative estimate of drug-likeness (QED) is 0.586. The van der Waals surface area contributed by atoms with Crippen LogP contribution in [0.15, 0.2) is 24.3 Å². The lowest BCUT2D eigenvalue weighted by atomic mass is 10.2. The molecule has 0 atom stereocenters. The normalized spacial score (nSPS) is 10.7. The van der Waals surface area contributed by atoms with Crippen LogP contribution in [0, 0.1) is 11.8 Å². The second kappa shape index (κ2) is 8.59. The van der Waals surface area contributed by atoms with Crippen molar-refractivity contribution >= 4 is 15.7 Å². The van der Waals surface area contributed by atoms with Crippen molar-refractivity contribution in [2.75, 3.05) is 30.8 Å². The van der Waals surface area contributed by atoms with Crippen LogP contribution in [-0.2, 0) is 14.8 Å². The van der Waals surface area contributed by atoms with Crippen LogP contribution in [0.4, 0.5) is 5.69 Å². The number of sulfonamides is 1. The summed E-state index contributed by atoms with van der Waals surface area (Å²) in [5, 5.41) is 8.62. The molecule has 0 saturated heterocycles. The highest BCUT2D eigenvalue weighted by molar-refractivity contribution is 7.92. The summed E-state index contributed by atoms with van der Waals surface area (Å²) >= 11 is 0. The first-order valence-electron chi connectivity index (χ1n) is 6.26. The van der Waals surface area contributed by atoms with Crippen LogP contribution in [-0.4, -0.2) is 39.6 Å². The van der Waals surface area contributed by atoms with Gasteiger partial charge in [-0.2, -0.15) is 0 Å². The Balaban J connectivity index is 2.59. The van der Waals surface area contributed by atoms with Crippen LogP contribution in [0.1, 0.15) is 18.4 Å². The number of aliphatic hydroxyl groups is 1. The minimum atomic E-state index is -3.34. The molecule has 6 heteroatoms. The molecule has 0 spiro atoms. The van der Waals surface area contributed by atoms with E-state index in [9.17, 15) is 8.42 Å². The molecule has 20 heavy (non-hydrogen) atoms. The number of ether oxygens (including phenoxy) is 1. The molecule has 0 amide bonds. The molecule has 0 saturated carbocycles. The number of methoxy groups -OCH3 is 1. The van der Waals surface area contributed by atoms with Gasteiger partial charge in [-0.3, -0.25) is 4.72 Å². The maximum atomic E-state index is 11.7. The molecule has 0 fully saturated rings. The second-order valence-corrected chi connectivity index (χ2v) is 5.96. The van der Waals surface area contributed by atoms with E-state index in [1.165, 1.54) is 7.11 Å². The summed E-state index contributed by atoms with van der Waals surface area (Å²) in [6.45, 7) is 0.451. The maximum Gasteiger partial charge on any atom is 0.232 e. The van der Waals surface area contributed by atoms with Crippen molar-refractivity contribution in [3.05, 3.63) is 29.8 Å². The fraction of sp³-hybridized carbons (Fsp3) is 0.429. The topological polar surface area (TPSA) is 75.6 Å². The molecule has 1 aromatic carbocycles. The van der Waals surface area contributed by atoms with Gasteiger partial charge >= 0.3 is 0 Å². The highest BCUT2D eigenvalue weighted by atomic mass is 32.2. The van der Waals surface area contributed by atoms with Gasteiger partial charge in [-0.15, -0.1) is 0 Å². The molecule has 0 aliphatic rings. The number of hydrogen-bond acceptors (Lipinski definition) is 4. The average Bonchev–Trinajstić information content (AvgIpc) is 2.41. The zero-order valence-electron chi connectivity index (χ0n) is 11.4. The number of anilines is 1. The van der Waals surface area contributed by atoms with E-state index < -0.39 is 10.0 Å². The van der Waals surface area contributed by atoms with Crippen molar-refractivity contribution in [1.82, 2.24) is 0 Å². The van der Waals surface area contributed by atoms with Crippen LogP contribution in [0.25, 0.3) is 0 Å². The van der Waals surface area contributed by atoms with Gasteiger partial charge in [0.25, 0.3) is 0 Å². The average molecular weight is 297 g/mol. The van der Waals surface area contributed by atoms with Crippen LogP contribution < -0.4 is 4.72 Å². The van der Waals surface area contributed by atoms with Crippen LogP contribution >= 0.6 is 0 Å². The summed E-state index contributed by atoms with van der Waals surface area (Å²) in [5.41, 5.74) is 1.29. The molecule has 1 rings (SSSR count). The monoisotopic (exact) mass is 297 g/mol. The summed E-state index contributed by atoms with van der Waals surface area (Å²) in [7, 11) is -1.80. The van der Waals surface area contributed by atoms with E-state index in [1.54, 1.807) is 24.3 Å². The van der Waals surface area contributed by atoms with E-state index in [0.29, 0.717) is 25.1 Å². The first-order valence-corrected chi connectivity index (χ1v) is 7.92. The first kappa shape index (κ1) is 16.5. The van der Waals surface area contributed by atoms with Crippen molar-refractivity contribution in [2.24, 2.45) is 0 Å². The number of rotatable bonds is 7. The molecule has 1 aromatic rings. The maximum absolute atomic E-state index is 11.7. The van der Waals surface area contributed by atoms with E-state index in [-0.39, 0.29) is 12.4 Å². The number of hydrogen-bond donors (Lipinski definition) is 2. The van der Waals surface area contributed by atoms with E-state index in [1.807, 2.05) is 0 Å². The molecular weight excluding hydrogens is 278 g/mol. The third-order valence-corrected chi connectivity index (χ3v) is 3.76. The molecule has 0 heterocycles. The van der Waals surface area contributed by atoms with Gasteiger partial charge in [0.1, 0.15) is 0 Å². The van der Waals surface area contributed by atoms with Crippen molar-refractivity contribution in [3.63, 3.8) is 0 Å². The lowest BCUT2D eigenvalue weighted by molar-refractivity contribution is 0.199. The Morgan fingerprint density at radius 3 is 2.60 bits per heavy atom. The van der Waals surface area contributed by atoms with Crippen LogP contribution in [0.3, 0.4) is 0 Å². The van der Waals surface area contributed by atoms with E-state index in [4.69, 9.17) is 9.84 Å². The summed E-state index contributed by atoms with van der Waals surface area (Å²) < 4.78 is 30.8. The molecule has 2 N–H and O–H groups in total. The molecule has 110 valence electrons. The highest BCUT2D eigenvalue weighted by Gasteiger charge is 2.09. The fourth-order valence-corrected chi connectivity index (χ4v) is 2.56. The van der Waals surface area contributed by atoms with E-state index in [0.717, 1.165) is 5.56 Å². The Labute approximate surface area is 120 Å². The number of aliphatic hydroxyl groups excluding tert-OH is 1. The Bertz CT molecular complexity index is 555. The van der Waals surface area contributed by atoms with E-state index >= 15 is 0 Å². The SMILES string of the molecule is COCCCS(=O)(=O)Nc1ccc(C#CCCO)cc1. The summed E-state index contributed by atoms with van der Waals surface area (Å²) in [6.07, 6.45) is 0.879. The summed E-state index contributed by atoms with van der Waals surface area (Å²) in [4.78, 5) is 0. The summed E-state index contributed by atoms with van der Waals surface area (Å²) in [6, 6.07) is 6.79. The van der Waals surface area contributed by atoms with Gasteiger partial charge in [0.2, 0.25) is 10.0 Å².